The standard InChI is InChI=1S/C20H24N2O4/c1-26-18-8-6-17(7-9-18)22-14-15(5-10-19(22)24)20(25)21-12-3-2-4-16(21)11-13-23/h5-10,14,16,23H,2-4,11-13H2,1H3. The quantitative estimate of drug-likeness (QED) is 0.892. The summed E-state index contributed by atoms with van der Waals surface area (Å²) in [5, 5.41) is 9.27. The van der Waals surface area contributed by atoms with E-state index in [1.165, 1.54) is 10.6 Å². The number of hydrogen-bond acceptors (Lipinski definition) is 4. The van der Waals surface area contributed by atoms with Gasteiger partial charge in [0, 0.05) is 37.1 Å². The van der Waals surface area contributed by atoms with Crippen LogP contribution in [-0.4, -0.2) is 46.8 Å². The summed E-state index contributed by atoms with van der Waals surface area (Å²) in [5.41, 5.74) is 0.957. The largest absolute Gasteiger partial charge is 0.497 e. The maximum atomic E-state index is 13.0. The molecule has 0 radical (unpaired) electrons. The van der Waals surface area contributed by atoms with Crippen molar-refractivity contribution < 1.29 is 14.6 Å². The number of likely N-dealkylation sites (tertiary alicyclic amines) is 1. The molecule has 1 aliphatic heterocycles. The van der Waals surface area contributed by atoms with E-state index < -0.39 is 0 Å². The molecule has 1 aromatic carbocycles. The predicted molar refractivity (Wildman–Crippen MR) is 99.0 cm³/mol. The fourth-order valence-corrected chi connectivity index (χ4v) is 3.44. The third kappa shape index (κ3) is 3.80. The van der Waals surface area contributed by atoms with Crippen molar-refractivity contribution in [2.24, 2.45) is 0 Å². The highest BCUT2D eigenvalue weighted by Crippen LogP contribution is 2.22. The van der Waals surface area contributed by atoms with Crippen molar-refractivity contribution in [3.05, 3.63) is 58.5 Å². The first-order valence-corrected chi connectivity index (χ1v) is 8.93. The zero-order chi connectivity index (χ0) is 18.5. The topological polar surface area (TPSA) is 71.8 Å². The molecule has 2 heterocycles. The lowest BCUT2D eigenvalue weighted by atomic mass is 9.98. The lowest BCUT2D eigenvalue weighted by molar-refractivity contribution is 0.0574. The minimum absolute atomic E-state index is 0.0580. The maximum absolute atomic E-state index is 13.0. The number of carbonyl (C=O) groups excluding carboxylic acids is 1. The Morgan fingerprint density at radius 3 is 2.65 bits per heavy atom. The molecule has 3 rings (SSSR count). The summed E-state index contributed by atoms with van der Waals surface area (Å²) in [7, 11) is 1.59. The highest BCUT2D eigenvalue weighted by Gasteiger charge is 2.27. The van der Waals surface area contributed by atoms with Crippen molar-refractivity contribution in [3.8, 4) is 11.4 Å². The van der Waals surface area contributed by atoms with E-state index in [-0.39, 0.29) is 24.1 Å². The molecule has 26 heavy (non-hydrogen) atoms. The molecule has 0 saturated carbocycles. The van der Waals surface area contributed by atoms with Gasteiger partial charge in [-0.2, -0.15) is 0 Å². The Labute approximate surface area is 152 Å². The molecule has 1 aliphatic rings. The van der Waals surface area contributed by atoms with Gasteiger partial charge >= 0.3 is 0 Å². The fourth-order valence-electron chi connectivity index (χ4n) is 3.44. The van der Waals surface area contributed by atoms with E-state index in [2.05, 4.69) is 0 Å². The molecule has 138 valence electrons. The summed E-state index contributed by atoms with van der Waals surface area (Å²) in [6.07, 6.45) is 5.12. The Morgan fingerprint density at radius 2 is 1.96 bits per heavy atom. The van der Waals surface area contributed by atoms with Crippen molar-refractivity contribution in [1.82, 2.24) is 9.47 Å². The van der Waals surface area contributed by atoms with Gasteiger partial charge in [-0.3, -0.25) is 14.2 Å². The fraction of sp³-hybridized carbons (Fsp3) is 0.400. The third-order valence-corrected chi connectivity index (χ3v) is 4.86. The lowest BCUT2D eigenvalue weighted by Crippen LogP contribution is -2.44. The van der Waals surface area contributed by atoms with Gasteiger partial charge in [-0.05, 0) is 56.0 Å². The number of benzene rings is 1. The van der Waals surface area contributed by atoms with Gasteiger partial charge in [-0.25, -0.2) is 0 Å². The number of aromatic nitrogens is 1. The number of aliphatic hydroxyl groups excluding tert-OH is 1. The van der Waals surface area contributed by atoms with Crippen LogP contribution < -0.4 is 10.3 Å². The van der Waals surface area contributed by atoms with Gasteiger partial charge in [0.2, 0.25) is 0 Å². The van der Waals surface area contributed by atoms with Crippen LogP contribution in [0.5, 0.6) is 5.75 Å². The minimum Gasteiger partial charge on any atom is -0.497 e. The Hall–Kier alpha value is -2.60. The first kappa shape index (κ1) is 18.2. The molecule has 1 unspecified atom stereocenters. The van der Waals surface area contributed by atoms with E-state index in [0.717, 1.165) is 19.3 Å². The Morgan fingerprint density at radius 1 is 1.19 bits per heavy atom. The highest BCUT2D eigenvalue weighted by atomic mass is 16.5. The van der Waals surface area contributed by atoms with Crippen LogP contribution in [0.25, 0.3) is 5.69 Å². The Bertz CT molecular complexity index is 811. The van der Waals surface area contributed by atoms with Crippen LogP contribution in [0.1, 0.15) is 36.0 Å². The number of aliphatic hydroxyl groups is 1. The highest BCUT2D eigenvalue weighted by molar-refractivity contribution is 5.94. The second kappa shape index (κ2) is 8.19. The smallest absolute Gasteiger partial charge is 0.255 e. The van der Waals surface area contributed by atoms with Crippen LogP contribution >= 0.6 is 0 Å². The number of carbonyl (C=O) groups is 1. The molecule has 1 fully saturated rings. The molecular weight excluding hydrogens is 332 g/mol. The van der Waals surface area contributed by atoms with Crippen LogP contribution in [-0.2, 0) is 0 Å². The maximum Gasteiger partial charge on any atom is 0.255 e. The van der Waals surface area contributed by atoms with Crippen molar-refractivity contribution in [2.45, 2.75) is 31.7 Å². The predicted octanol–water partition coefficient (Wildman–Crippen LogP) is 2.22. The first-order chi connectivity index (χ1) is 12.6. The molecule has 2 aromatic rings. The van der Waals surface area contributed by atoms with Gasteiger partial charge in [-0.15, -0.1) is 0 Å². The van der Waals surface area contributed by atoms with Crippen LogP contribution in [0.3, 0.4) is 0 Å². The molecule has 0 spiro atoms. The van der Waals surface area contributed by atoms with E-state index in [1.807, 2.05) is 4.90 Å². The Balaban J connectivity index is 1.90. The molecule has 1 N–H and O–H groups in total. The molecule has 1 amide bonds. The number of amides is 1. The van der Waals surface area contributed by atoms with Gasteiger partial charge in [0.15, 0.2) is 0 Å². The SMILES string of the molecule is COc1ccc(-n2cc(C(=O)N3CCCCC3CCO)ccc2=O)cc1. The van der Waals surface area contributed by atoms with Crippen LogP contribution in [0.15, 0.2) is 47.4 Å². The van der Waals surface area contributed by atoms with E-state index in [0.29, 0.717) is 30.0 Å². The van der Waals surface area contributed by atoms with Crippen LogP contribution in [0.4, 0.5) is 0 Å². The zero-order valence-electron chi connectivity index (χ0n) is 14.9. The summed E-state index contributed by atoms with van der Waals surface area (Å²) >= 11 is 0. The average molecular weight is 356 g/mol. The summed E-state index contributed by atoms with van der Waals surface area (Å²) < 4.78 is 6.61. The van der Waals surface area contributed by atoms with Gasteiger partial charge in [0.05, 0.1) is 12.7 Å². The van der Waals surface area contributed by atoms with E-state index >= 15 is 0 Å². The summed E-state index contributed by atoms with van der Waals surface area (Å²) in [6, 6.07) is 10.2. The second-order valence-corrected chi connectivity index (χ2v) is 6.48. The molecule has 0 bridgehead atoms. The summed E-state index contributed by atoms with van der Waals surface area (Å²) in [6.45, 7) is 0.755. The number of nitrogens with zero attached hydrogens (tertiary/aromatic N) is 2. The van der Waals surface area contributed by atoms with E-state index in [9.17, 15) is 14.7 Å². The minimum atomic E-state index is -0.197. The van der Waals surface area contributed by atoms with Gasteiger partial charge in [-0.1, -0.05) is 0 Å². The summed E-state index contributed by atoms with van der Waals surface area (Å²) in [5.74, 6) is 0.611. The van der Waals surface area contributed by atoms with Gasteiger partial charge in [0.1, 0.15) is 5.75 Å². The van der Waals surface area contributed by atoms with Crippen LogP contribution in [0, 0.1) is 0 Å². The lowest BCUT2D eigenvalue weighted by Gasteiger charge is -2.35. The number of methoxy groups -OCH3 is 1. The molecule has 6 heteroatoms. The van der Waals surface area contributed by atoms with Crippen LogP contribution in [0.2, 0.25) is 0 Å². The number of rotatable bonds is 5. The molecule has 6 nitrogen and oxygen atoms in total. The molecule has 1 atom stereocenters. The zero-order valence-corrected chi connectivity index (χ0v) is 14.9. The first-order valence-electron chi connectivity index (χ1n) is 8.93. The number of piperidine rings is 1. The van der Waals surface area contributed by atoms with E-state index in [4.69, 9.17) is 4.74 Å². The number of pyridine rings is 1. The van der Waals surface area contributed by atoms with Crippen molar-refractivity contribution in [3.63, 3.8) is 0 Å². The molecule has 0 aliphatic carbocycles. The number of hydrogen-bond donors (Lipinski definition) is 1. The molecule has 1 aromatic heterocycles. The third-order valence-electron chi connectivity index (χ3n) is 4.86. The Kier molecular flexibility index (Phi) is 5.73. The summed E-state index contributed by atoms with van der Waals surface area (Å²) in [4.78, 5) is 27.1. The van der Waals surface area contributed by atoms with E-state index in [1.54, 1.807) is 43.6 Å². The monoisotopic (exact) mass is 356 g/mol. The second-order valence-electron chi connectivity index (χ2n) is 6.48. The van der Waals surface area contributed by atoms with Gasteiger partial charge < -0.3 is 14.7 Å². The average Bonchev–Trinajstić information content (AvgIpc) is 2.69. The number of ether oxygens (including phenoxy) is 1. The van der Waals surface area contributed by atoms with Gasteiger partial charge in [0.25, 0.3) is 11.5 Å². The van der Waals surface area contributed by atoms with Crippen molar-refractivity contribution >= 4 is 5.91 Å². The molecular formula is C20H24N2O4. The molecule has 1 saturated heterocycles. The van der Waals surface area contributed by atoms with Crippen molar-refractivity contribution in [2.75, 3.05) is 20.3 Å². The van der Waals surface area contributed by atoms with Crippen molar-refractivity contribution in [1.29, 1.82) is 0 Å². The normalized spacial score (nSPS) is 17.2.